The molecule has 0 aromatic carbocycles. The molecule has 0 unspecified atom stereocenters. The zero-order valence-corrected chi connectivity index (χ0v) is 9.66. The number of nitrogens with zero attached hydrogens (tertiary/aromatic N) is 5. The molecule has 3 heterocycles. The minimum absolute atomic E-state index is 0.156. The van der Waals surface area contributed by atoms with Crippen LogP contribution in [0.1, 0.15) is 6.23 Å². The van der Waals surface area contributed by atoms with Gasteiger partial charge in [-0.15, -0.1) is 5.10 Å². The van der Waals surface area contributed by atoms with Crippen molar-refractivity contribution in [2.45, 2.75) is 24.5 Å². The number of aliphatic hydroxyl groups excluding tert-OH is 3. The van der Waals surface area contributed by atoms with Gasteiger partial charge in [0.2, 0.25) is 0 Å². The Bertz CT molecular complexity index is 603. The molecule has 10 heteroatoms. The van der Waals surface area contributed by atoms with Crippen LogP contribution in [0.25, 0.3) is 11.2 Å². The molecule has 0 amide bonds. The highest BCUT2D eigenvalue weighted by Crippen LogP contribution is 2.30. The average Bonchev–Trinajstić information content (AvgIpc) is 2.94. The lowest BCUT2D eigenvalue weighted by Crippen LogP contribution is -2.33. The van der Waals surface area contributed by atoms with Gasteiger partial charge in [-0.2, -0.15) is 4.68 Å². The van der Waals surface area contributed by atoms with Crippen molar-refractivity contribution in [1.82, 2.24) is 25.0 Å². The van der Waals surface area contributed by atoms with E-state index in [0.717, 1.165) is 0 Å². The van der Waals surface area contributed by atoms with Crippen molar-refractivity contribution >= 4 is 17.0 Å². The van der Waals surface area contributed by atoms with Crippen molar-refractivity contribution in [1.29, 1.82) is 0 Å². The Labute approximate surface area is 106 Å². The molecule has 2 aromatic heterocycles. The fraction of sp³-hybridized carbons (Fsp3) is 0.556. The van der Waals surface area contributed by atoms with E-state index in [9.17, 15) is 10.2 Å². The quantitative estimate of drug-likeness (QED) is 0.459. The van der Waals surface area contributed by atoms with Crippen LogP contribution in [0.4, 0.5) is 5.82 Å². The molecule has 1 aliphatic rings. The van der Waals surface area contributed by atoms with E-state index in [-0.39, 0.29) is 17.0 Å². The van der Waals surface area contributed by atoms with Crippen LogP contribution in [0.15, 0.2) is 6.33 Å². The lowest BCUT2D eigenvalue weighted by atomic mass is 10.1. The molecule has 5 N–H and O–H groups in total. The highest BCUT2D eigenvalue weighted by Gasteiger charge is 2.44. The third-order valence-corrected chi connectivity index (χ3v) is 3.05. The minimum Gasteiger partial charge on any atom is -0.394 e. The van der Waals surface area contributed by atoms with Crippen molar-refractivity contribution < 1.29 is 20.1 Å². The largest absolute Gasteiger partial charge is 0.394 e. The van der Waals surface area contributed by atoms with Crippen LogP contribution in [-0.4, -0.2) is 65.2 Å². The van der Waals surface area contributed by atoms with Gasteiger partial charge in [0.15, 0.2) is 23.2 Å². The highest BCUT2D eigenvalue weighted by molar-refractivity contribution is 5.80. The predicted octanol–water partition coefficient (Wildman–Crippen LogP) is -2.58. The molecule has 102 valence electrons. The lowest BCUT2D eigenvalue weighted by molar-refractivity contribution is -0.0574. The van der Waals surface area contributed by atoms with Crippen molar-refractivity contribution in [3.8, 4) is 0 Å². The fourth-order valence-electron chi connectivity index (χ4n) is 2.03. The third kappa shape index (κ3) is 1.73. The molecular formula is C9H12N6O4. The molecule has 1 aliphatic heterocycles. The second-order valence-electron chi connectivity index (χ2n) is 4.19. The second kappa shape index (κ2) is 4.35. The Morgan fingerprint density at radius 3 is 2.79 bits per heavy atom. The summed E-state index contributed by atoms with van der Waals surface area (Å²) in [4.78, 5) is 7.74. The van der Waals surface area contributed by atoms with Crippen LogP contribution in [0.3, 0.4) is 0 Å². The smallest absolute Gasteiger partial charge is 0.186 e. The summed E-state index contributed by atoms with van der Waals surface area (Å²) in [5, 5.41) is 36.2. The van der Waals surface area contributed by atoms with E-state index >= 15 is 0 Å². The highest BCUT2D eigenvalue weighted by atomic mass is 16.6. The summed E-state index contributed by atoms with van der Waals surface area (Å²) in [6, 6.07) is 0. The van der Waals surface area contributed by atoms with Gasteiger partial charge in [0, 0.05) is 0 Å². The number of nitrogen functional groups attached to an aromatic ring is 1. The van der Waals surface area contributed by atoms with Gasteiger partial charge < -0.3 is 25.8 Å². The average molecular weight is 268 g/mol. The fourth-order valence-corrected chi connectivity index (χ4v) is 2.03. The summed E-state index contributed by atoms with van der Waals surface area (Å²) in [6.45, 7) is -0.418. The van der Waals surface area contributed by atoms with Crippen LogP contribution in [0, 0.1) is 0 Å². The molecule has 4 atom stereocenters. The zero-order valence-electron chi connectivity index (χ0n) is 9.66. The summed E-state index contributed by atoms with van der Waals surface area (Å²) in [5.74, 6) is 0.156. The molecule has 10 nitrogen and oxygen atoms in total. The summed E-state index contributed by atoms with van der Waals surface area (Å²) in [7, 11) is 0. The van der Waals surface area contributed by atoms with E-state index in [0.29, 0.717) is 0 Å². The lowest BCUT2D eigenvalue weighted by Gasteiger charge is -2.14. The number of ether oxygens (including phenoxy) is 1. The van der Waals surface area contributed by atoms with E-state index < -0.39 is 31.1 Å². The molecule has 0 bridgehead atoms. The first kappa shape index (κ1) is 12.2. The SMILES string of the molecule is Nc1ncnc2c1nnn2[C@H]1O[C@@H](CO)[C@@H](O)[C@H]1O. The van der Waals surface area contributed by atoms with Crippen LogP contribution >= 0.6 is 0 Å². The predicted molar refractivity (Wildman–Crippen MR) is 60.5 cm³/mol. The first-order valence-corrected chi connectivity index (χ1v) is 5.57. The molecular weight excluding hydrogens is 256 g/mol. The number of aliphatic hydroxyl groups is 3. The van der Waals surface area contributed by atoms with Crippen molar-refractivity contribution in [3.05, 3.63) is 6.33 Å². The van der Waals surface area contributed by atoms with Gasteiger partial charge in [0.25, 0.3) is 0 Å². The number of rotatable bonds is 2. The third-order valence-electron chi connectivity index (χ3n) is 3.05. The molecule has 1 saturated heterocycles. The number of anilines is 1. The Hall–Kier alpha value is -1.88. The van der Waals surface area contributed by atoms with Crippen LogP contribution in [0.2, 0.25) is 0 Å². The van der Waals surface area contributed by atoms with E-state index in [1.165, 1.54) is 11.0 Å². The maximum atomic E-state index is 9.91. The molecule has 1 fully saturated rings. The number of hydrogen-bond donors (Lipinski definition) is 4. The van der Waals surface area contributed by atoms with Crippen LogP contribution in [-0.2, 0) is 4.74 Å². The maximum Gasteiger partial charge on any atom is 0.186 e. The first-order valence-electron chi connectivity index (χ1n) is 5.57. The Morgan fingerprint density at radius 2 is 2.11 bits per heavy atom. The molecule has 0 spiro atoms. The van der Waals surface area contributed by atoms with E-state index in [1.807, 2.05) is 0 Å². The number of nitrogens with two attached hydrogens (primary N) is 1. The van der Waals surface area contributed by atoms with E-state index in [4.69, 9.17) is 15.6 Å². The van der Waals surface area contributed by atoms with Crippen molar-refractivity contribution in [3.63, 3.8) is 0 Å². The molecule has 0 aliphatic carbocycles. The molecule has 0 radical (unpaired) electrons. The summed E-state index contributed by atoms with van der Waals surface area (Å²) < 4.78 is 6.54. The van der Waals surface area contributed by atoms with Gasteiger partial charge in [-0.3, -0.25) is 0 Å². The normalized spacial score (nSPS) is 31.1. The van der Waals surface area contributed by atoms with Gasteiger partial charge in [-0.25, -0.2) is 9.97 Å². The van der Waals surface area contributed by atoms with Crippen LogP contribution in [0.5, 0.6) is 0 Å². The molecule has 2 aromatic rings. The minimum atomic E-state index is -1.25. The second-order valence-corrected chi connectivity index (χ2v) is 4.19. The van der Waals surface area contributed by atoms with Gasteiger partial charge in [-0.1, -0.05) is 5.21 Å². The number of hydrogen-bond acceptors (Lipinski definition) is 9. The van der Waals surface area contributed by atoms with Crippen LogP contribution < -0.4 is 5.73 Å². The van der Waals surface area contributed by atoms with E-state index in [1.54, 1.807) is 0 Å². The molecule has 3 rings (SSSR count). The van der Waals surface area contributed by atoms with Crippen molar-refractivity contribution in [2.24, 2.45) is 0 Å². The van der Waals surface area contributed by atoms with Crippen molar-refractivity contribution in [2.75, 3.05) is 12.3 Å². The first-order chi connectivity index (χ1) is 9.13. The summed E-state index contributed by atoms with van der Waals surface area (Å²) in [5.41, 5.74) is 6.18. The Kier molecular flexibility index (Phi) is 2.78. The number of aromatic nitrogens is 5. The van der Waals surface area contributed by atoms with Gasteiger partial charge >= 0.3 is 0 Å². The van der Waals surface area contributed by atoms with Gasteiger partial charge in [0.05, 0.1) is 6.61 Å². The van der Waals surface area contributed by atoms with Gasteiger partial charge in [-0.05, 0) is 0 Å². The maximum absolute atomic E-state index is 9.91. The summed E-state index contributed by atoms with van der Waals surface area (Å²) >= 11 is 0. The van der Waals surface area contributed by atoms with Gasteiger partial charge in [0.1, 0.15) is 24.6 Å². The summed E-state index contributed by atoms with van der Waals surface area (Å²) in [6.07, 6.45) is -3.12. The molecule has 0 saturated carbocycles. The number of fused-ring (bicyclic) bond motifs is 1. The topological polar surface area (TPSA) is 152 Å². The monoisotopic (exact) mass is 268 g/mol. The zero-order chi connectivity index (χ0) is 13.6. The molecule has 19 heavy (non-hydrogen) atoms. The Balaban J connectivity index is 2.04. The van der Waals surface area contributed by atoms with E-state index in [2.05, 4.69) is 20.3 Å². The standard InChI is InChI=1S/C9H12N6O4/c10-7-4-8(12-2-11-7)15(14-13-4)9-6(18)5(17)3(1-16)19-9/h2-3,5-6,9,16-18H,1H2,(H2,10,11,12)/t3-,5+,6+,9-/m0/s1. The Morgan fingerprint density at radius 1 is 1.32 bits per heavy atom.